The van der Waals surface area contributed by atoms with Gasteiger partial charge in [-0.2, -0.15) is 9.97 Å². The molecule has 3 heterocycles. The van der Waals surface area contributed by atoms with E-state index in [1.165, 1.54) is 0 Å². The maximum atomic E-state index is 11.7. The van der Waals surface area contributed by atoms with Gasteiger partial charge in [0.1, 0.15) is 5.65 Å². The maximum absolute atomic E-state index is 11.7. The Bertz CT molecular complexity index is 1310. The first-order valence-corrected chi connectivity index (χ1v) is 10.7. The van der Waals surface area contributed by atoms with Crippen LogP contribution < -0.4 is 15.4 Å². The van der Waals surface area contributed by atoms with Crippen molar-refractivity contribution in [1.29, 1.82) is 0 Å². The van der Waals surface area contributed by atoms with E-state index in [2.05, 4.69) is 42.5 Å². The second-order valence-electron chi connectivity index (χ2n) is 8.45. The van der Waals surface area contributed by atoms with Crippen molar-refractivity contribution in [3.8, 4) is 17.0 Å². The predicted molar refractivity (Wildman–Crippen MR) is 122 cm³/mol. The van der Waals surface area contributed by atoms with Gasteiger partial charge in [-0.15, -0.1) is 0 Å². The standard InChI is InChI=1S/C23H25N7O2/c1-4-18(31)30-23(2)10-14(11-23)27-22-28-20-19(21(29-22)32-3)15(12-26-20)13-5-6-16-17(9-13)25-8-7-24-16/h5-9,12,14H,4,10-11H2,1-3H3,(H,30,31)(H2,26,27,28,29)/t14-,23+. The number of amides is 1. The van der Waals surface area contributed by atoms with Crippen molar-refractivity contribution in [2.45, 2.75) is 44.7 Å². The molecule has 0 atom stereocenters. The number of nitrogens with zero attached hydrogens (tertiary/aromatic N) is 4. The number of anilines is 1. The molecule has 1 aromatic carbocycles. The third-order valence-corrected chi connectivity index (χ3v) is 5.96. The molecule has 3 N–H and O–H groups in total. The van der Waals surface area contributed by atoms with Crippen LogP contribution in [0.3, 0.4) is 0 Å². The topological polar surface area (TPSA) is 118 Å². The summed E-state index contributed by atoms with van der Waals surface area (Å²) in [7, 11) is 1.61. The van der Waals surface area contributed by atoms with Gasteiger partial charge in [0.05, 0.1) is 23.5 Å². The molecule has 1 amide bonds. The lowest BCUT2D eigenvalue weighted by Gasteiger charge is -2.45. The molecule has 0 bridgehead atoms. The van der Waals surface area contributed by atoms with Crippen molar-refractivity contribution in [1.82, 2.24) is 30.2 Å². The average Bonchev–Trinajstić information content (AvgIpc) is 3.21. The zero-order chi connectivity index (χ0) is 22.3. The number of carbonyl (C=O) groups is 1. The molecule has 0 aliphatic heterocycles. The fourth-order valence-electron chi connectivity index (χ4n) is 4.41. The molecular formula is C23H25N7O2. The van der Waals surface area contributed by atoms with Crippen molar-refractivity contribution in [2.75, 3.05) is 12.4 Å². The fourth-order valence-corrected chi connectivity index (χ4v) is 4.41. The largest absolute Gasteiger partial charge is 0.480 e. The molecular weight excluding hydrogens is 406 g/mol. The molecule has 0 unspecified atom stereocenters. The first-order valence-electron chi connectivity index (χ1n) is 10.7. The van der Waals surface area contributed by atoms with E-state index in [0.29, 0.717) is 23.9 Å². The molecule has 32 heavy (non-hydrogen) atoms. The van der Waals surface area contributed by atoms with Crippen LogP contribution in [0.15, 0.2) is 36.8 Å². The highest BCUT2D eigenvalue weighted by atomic mass is 16.5. The summed E-state index contributed by atoms with van der Waals surface area (Å²) in [5.74, 6) is 1.07. The molecule has 1 fully saturated rings. The number of hydrogen-bond donors (Lipinski definition) is 3. The molecule has 0 saturated heterocycles. The number of carbonyl (C=O) groups excluding carboxylic acids is 1. The maximum Gasteiger partial charge on any atom is 0.228 e. The van der Waals surface area contributed by atoms with E-state index >= 15 is 0 Å². The van der Waals surface area contributed by atoms with E-state index in [0.717, 1.165) is 40.4 Å². The minimum atomic E-state index is -0.183. The van der Waals surface area contributed by atoms with E-state index in [-0.39, 0.29) is 17.5 Å². The Hall–Kier alpha value is -3.75. The van der Waals surface area contributed by atoms with Crippen LogP contribution in [0.25, 0.3) is 33.2 Å². The lowest BCUT2D eigenvalue weighted by molar-refractivity contribution is -0.123. The highest BCUT2D eigenvalue weighted by molar-refractivity contribution is 5.99. The first kappa shape index (κ1) is 20.2. The molecule has 1 saturated carbocycles. The Kier molecular flexibility index (Phi) is 4.88. The van der Waals surface area contributed by atoms with E-state index in [9.17, 15) is 4.79 Å². The molecule has 0 radical (unpaired) electrons. The number of aromatic nitrogens is 5. The lowest BCUT2D eigenvalue weighted by atomic mass is 9.74. The molecule has 1 aliphatic carbocycles. The Morgan fingerprint density at radius 3 is 2.75 bits per heavy atom. The van der Waals surface area contributed by atoms with Gasteiger partial charge < -0.3 is 20.4 Å². The number of benzene rings is 1. The van der Waals surface area contributed by atoms with Gasteiger partial charge in [-0.1, -0.05) is 13.0 Å². The molecule has 9 nitrogen and oxygen atoms in total. The van der Waals surface area contributed by atoms with Gasteiger partial charge in [0.2, 0.25) is 17.7 Å². The molecule has 5 rings (SSSR count). The summed E-state index contributed by atoms with van der Waals surface area (Å²) in [6, 6.07) is 6.14. The van der Waals surface area contributed by atoms with Gasteiger partial charge in [0.15, 0.2) is 0 Å². The van der Waals surface area contributed by atoms with Crippen molar-refractivity contribution in [3.63, 3.8) is 0 Å². The van der Waals surface area contributed by atoms with Crippen LogP contribution in [-0.4, -0.2) is 49.5 Å². The van der Waals surface area contributed by atoms with E-state index in [1.54, 1.807) is 19.5 Å². The third kappa shape index (κ3) is 3.59. The number of aromatic amines is 1. The summed E-state index contributed by atoms with van der Waals surface area (Å²) < 4.78 is 5.62. The summed E-state index contributed by atoms with van der Waals surface area (Å²) in [6.45, 7) is 3.92. The van der Waals surface area contributed by atoms with Crippen LogP contribution in [0.1, 0.15) is 33.1 Å². The Morgan fingerprint density at radius 2 is 2.00 bits per heavy atom. The molecule has 1 aliphatic rings. The van der Waals surface area contributed by atoms with E-state index in [4.69, 9.17) is 4.74 Å². The van der Waals surface area contributed by atoms with Crippen molar-refractivity contribution in [2.24, 2.45) is 0 Å². The number of fused-ring (bicyclic) bond motifs is 2. The smallest absolute Gasteiger partial charge is 0.228 e. The predicted octanol–water partition coefficient (Wildman–Crippen LogP) is 3.44. The van der Waals surface area contributed by atoms with Crippen LogP contribution in [-0.2, 0) is 4.79 Å². The fraction of sp³-hybridized carbons (Fsp3) is 0.348. The lowest BCUT2D eigenvalue weighted by Crippen LogP contribution is -2.59. The van der Waals surface area contributed by atoms with Crippen LogP contribution >= 0.6 is 0 Å². The normalized spacial score (nSPS) is 20.2. The highest BCUT2D eigenvalue weighted by Crippen LogP contribution is 2.37. The quantitative estimate of drug-likeness (QED) is 0.428. The Morgan fingerprint density at radius 1 is 1.22 bits per heavy atom. The van der Waals surface area contributed by atoms with Gasteiger partial charge in [-0.3, -0.25) is 14.8 Å². The minimum absolute atomic E-state index is 0.0730. The second kappa shape index (κ2) is 7.74. The number of rotatable bonds is 6. The van der Waals surface area contributed by atoms with Gasteiger partial charge in [-0.05, 0) is 37.5 Å². The van der Waals surface area contributed by atoms with E-state index in [1.807, 2.05) is 31.3 Å². The number of ether oxygens (including phenoxy) is 1. The van der Waals surface area contributed by atoms with Crippen LogP contribution in [0.4, 0.5) is 5.95 Å². The van der Waals surface area contributed by atoms with Crippen molar-refractivity contribution < 1.29 is 9.53 Å². The van der Waals surface area contributed by atoms with E-state index < -0.39 is 0 Å². The van der Waals surface area contributed by atoms with Crippen molar-refractivity contribution in [3.05, 3.63) is 36.8 Å². The summed E-state index contributed by atoms with van der Waals surface area (Å²) in [6.07, 6.45) is 7.39. The first-order chi connectivity index (χ1) is 15.5. The summed E-state index contributed by atoms with van der Waals surface area (Å²) in [4.78, 5) is 33.0. The van der Waals surface area contributed by atoms with Gasteiger partial charge in [0, 0.05) is 42.2 Å². The Balaban J connectivity index is 1.41. The zero-order valence-corrected chi connectivity index (χ0v) is 18.3. The molecule has 0 spiro atoms. The number of H-pyrrole nitrogens is 1. The monoisotopic (exact) mass is 431 g/mol. The SMILES string of the molecule is CCC(=O)N[C@]1(C)C[C@H](Nc2nc(OC)c3c(-c4ccc5nccnc5c4)c[nH]c3n2)C1. The molecule has 9 heteroatoms. The zero-order valence-electron chi connectivity index (χ0n) is 18.3. The molecule has 3 aromatic heterocycles. The van der Waals surface area contributed by atoms with Gasteiger partial charge in [0.25, 0.3) is 0 Å². The van der Waals surface area contributed by atoms with Gasteiger partial charge in [-0.25, -0.2) is 0 Å². The van der Waals surface area contributed by atoms with Crippen LogP contribution in [0.5, 0.6) is 5.88 Å². The minimum Gasteiger partial charge on any atom is -0.480 e. The van der Waals surface area contributed by atoms with Gasteiger partial charge >= 0.3 is 0 Å². The Labute approximate surface area is 185 Å². The number of nitrogens with one attached hydrogen (secondary N) is 3. The average molecular weight is 432 g/mol. The third-order valence-electron chi connectivity index (χ3n) is 5.96. The van der Waals surface area contributed by atoms with Crippen LogP contribution in [0, 0.1) is 0 Å². The summed E-state index contributed by atoms with van der Waals surface area (Å²) in [5.41, 5.74) is 4.09. The molecule has 4 aromatic rings. The summed E-state index contributed by atoms with van der Waals surface area (Å²) >= 11 is 0. The second-order valence-corrected chi connectivity index (χ2v) is 8.45. The highest BCUT2D eigenvalue weighted by Gasteiger charge is 2.41. The van der Waals surface area contributed by atoms with Crippen LogP contribution in [0.2, 0.25) is 0 Å². The van der Waals surface area contributed by atoms with Crippen molar-refractivity contribution >= 4 is 33.9 Å². The number of methoxy groups -OCH3 is 1. The summed E-state index contributed by atoms with van der Waals surface area (Å²) in [5, 5.41) is 7.27. The number of hydrogen-bond acceptors (Lipinski definition) is 7. The molecule has 164 valence electrons.